The van der Waals surface area contributed by atoms with Crippen molar-refractivity contribution in [1.29, 1.82) is 5.26 Å². The first-order chi connectivity index (χ1) is 9.39. The quantitative estimate of drug-likeness (QED) is 0.888. The molecule has 0 aliphatic heterocycles. The SMILES string of the molecule is CN(C)C1(CNS(=O)(=O)c2ccc(C#N)cc2)CCC1. The molecule has 0 unspecified atom stereocenters. The van der Waals surface area contributed by atoms with Gasteiger partial charge in [-0.25, -0.2) is 13.1 Å². The minimum atomic E-state index is -3.51. The summed E-state index contributed by atoms with van der Waals surface area (Å²) >= 11 is 0. The molecule has 20 heavy (non-hydrogen) atoms. The highest BCUT2D eigenvalue weighted by molar-refractivity contribution is 7.89. The number of nitrogens with zero attached hydrogens (tertiary/aromatic N) is 2. The zero-order chi connectivity index (χ0) is 14.8. The number of nitriles is 1. The lowest BCUT2D eigenvalue weighted by atomic mass is 9.76. The fraction of sp³-hybridized carbons (Fsp3) is 0.500. The molecule has 0 aromatic heterocycles. The van der Waals surface area contributed by atoms with Crippen LogP contribution in [0.25, 0.3) is 0 Å². The zero-order valence-corrected chi connectivity index (χ0v) is 12.6. The summed E-state index contributed by atoms with van der Waals surface area (Å²) in [5.74, 6) is 0. The summed E-state index contributed by atoms with van der Waals surface area (Å²) in [6.07, 6.45) is 3.16. The number of nitrogens with one attached hydrogen (secondary N) is 1. The average molecular weight is 293 g/mol. The van der Waals surface area contributed by atoms with Gasteiger partial charge in [0.05, 0.1) is 16.5 Å². The van der Waals surface area contributed by atoms with E-state index in [-0.39, 0.29) is 10.4 Å². The van der Waals surface area contributed by atoms with Crippen molar-refractivity contribution in [3.8, 4) is 6.07 Å². The van der Waals surface area contributed by atoms with Gasteiger partial charge in [-0.1, -0.05) is 0 Å². The van der Waals surface area contributed by atoms with Crippen LogP contribution in [0.4, 0.5) is 0 Å². The second-order valence-corrected chi connectivity index (χ2v) is 7.20. The van der Waals surface area contributed by atoms with Gasteiger partial charge < -0.3 is 4.90 Å². The van der Waals surface area contributed by atoms with Crippen LogP contribution in [0.5, 0.6) is 0 Å². The third-order valence-corrected chi connectivity index (χ3v) is 5.54. The maximum absolute atomic E-state index is 12.2. The summed E-state index contributed by atoms with van der Waals surface area (Å²) in [4.78, 5) is 2.29. The largest absolute Gasteiger partial charge is 0.302 e. The third-order valence-electron chi connectivity index (χ3n) is 4.12. The van der Waals surface area contributed by atoms with Crippen LogP contribution < -0.4 is 4.72 Å². The molecule has 0 spiro atoms. The Morgan fingerprint density at radius 1 is 1.30 bits per heavy atom. The van der Waals surface area contributed by atoms with Gasteiger partial charge in [0, 0.05) is 12.1 Å². The molecule has 1 fully saturated rings. The highest BCUT2D eigenvalue weighted by Crippen LogP contribution is 2.35. The summed E-state index contributed by atoms with van der Waals surface area (Å²) in [6, 6.07) is 7.92. The summed E-state index contributed by atoms with van der Waals surface area (Å²) in [6.45, 7) is 0.419. The van der Waals surface area contributed by atoms with Gasteiger partial charge >= 0.3 is 0 Å². The van der Waals surface area contributed by atoms with E-state index >= 15 is 0 Å². The minimum absolute atomic E-state index is 0.0559. The van der Waals surface area contributed by atoms with Crippen LogP contribution >= 0.6 is 0 Å². The summed E-state index contributed by atoms with van der Waals surface area (Å²) in [7, 11) is 0.448. The molecular formula is C14H19N3O2S. The van der Waals surface area contributed by atoms with Crippen molar-refractivity contribution in [2.75, 3.05) is 20.6 Å². The predicted molar refractivity (Wildman–Crippen MR) is 76.6 cm³/mol. The van der Waals surface area contributed by atoms with Crippen molar-refractivity contribution in [1.82, 2.24) is 9.62 Å². The fourth-order valence-electron chi connectivity index (χ4n) is 2.39. The molecule has 1 aromatic rings. The Balaban J connectivity index is 2.09. The Bertz CT molecular complexity index is 611. The molecule has 2 rings (SSSR count). The molecule has 0 bridgehead atoms. The normalized spacial score (nSPS) is 17.5. The highest BCUT2D eigenvalue weighted by Gasteiger charge is 2.39. The van der Waals surface area contributed by atoms with Crippen LogP contribution in [0.3, 0.4) is 0 Å². The zero-order valence-electron chi connectivity index (χ0n) is 11.8. The number of likely N-dealkylation sites (N-methyl/N-ethyl adjacent to an activating group) is 1. The Morgan fingerprint density at radius 2 is 1.90 bits per heavy atom. The first-order valence-electron chi connectivity index (χ1n) is 6.57. The Morgan fingerprint density at radius 3 is 2.30 bits per heavy atom. The molecule has 1 aliphatic rings. The van der Waals surface area contributed by atoms with Crippen molar-refractivity contribution >= 4 is 10.0 Å². The fourth-order valence-corrected chi connectivity index (χ4v) is 3.51. The van der Waals surface area contributed by atoms with E-state index in [2.05, 4.69) is 9.62 Å². The van der Waals surface area contributed by atoms with Crippen molar-refractivity contribution in [2.45, 2.75) is 29.7 Å². The summed E-state index contributed by atoms with van der Waals surface area (Å²) in [5, 5.41) is 8.72. The number of rotatable bonds is 5. The van der Waals surface area contributed by atoms with Crippen molar-refractivity contribution in [3.63, 3.8) is 0 Å². The number of hydrogen-bond acceptors (Lipinski definition) is 4. The molecule has 5 nitrogen and oxygen atoms in total. The van der Waals surface area contributed by atoms with Crippen LogP contribution in [0, 0.1) is 11.3 Å². The summed E-state index contributed by atoms with van der Waals surface area (Å²) < 4.78 is 27.1. The molecule has 1 aliphatic carbocycles. The molecule has 0 amide bonds. The smallest absolute Gasteiger partial charge is 0.240 e. The van der Waals surface area contributed by atoms with E-state index in [1.54, 1.807) is 0 Å². The molecule has 1 saturated carbocycles. The molecule has 0 radical (unpaired) electrons. The minimum Gasteiger partial charge on any atom is -0.302 e. The third kappa shape index (κ3) is 2.85. The van der Waals surface area contributed by atoms with Gasteiger partial charge in [0.15, 0.2) is 0 Å². The maximum atomic E-state index is 12.2. The number of benzene rings is 1. The van der Waals surface area contributed by atoms with Crippen LogP contribution in [-0.2, 0) is 10.0 Å². The lowest BCUT2D eigenvalue weighted by Crippen LogP contribution is -2.57. The van der Waals surface area contributed by atoms with E-state index in [0.717, 1.165) is 19.3 Å². The van der Waals surface area contributed by atoms with Gasteiger partial charge in [-0.3, -0.25) is 0 Å². The number of sulfonamides is 1. The van der Waals surface area contributed by atoms with Crippen molar-refractivity contribution < 1.29 is 8.42 Å². The lowest BCUT2D eigenvalue weighted by molar-refractivity contribution is 0.0657. The second-order valence-electron chi connectivity index (χ2n) is 5.43. The second kappa shape index (κ2) is 5.52. The average Bonchev–Trinajstić information content (AvgIpc) is 2.37. The van der Waals surface area contributed by atoms with Gasteiger partial charge in [0.1, 0.15) is 0 Å². The molecule has 1 N–H and O–H groups in total. The molecule has 0 heterocycles. The van der Waals surface area contributed by atoms with Crippen LogP contribution in [-0.4, -0.2) is 39.5 Å². The van der Waals surface area contributed by atoms with Gasteiger partial charge in [-0.15, -0.1) is 0 Å². The summed E-state index contributed by atoms with van der Waals surface area (Å²) in [5.41, 5.74) is 0.396. The van der Waals surface area contributed by atoms with Crippen molar-refractivity contribution in [3.05, 3.63) is 29.8 Å². The molecule has 1 aromatic carbocycles. The molecule has 0 atom stereocenters. The van der Waals surface area contributed by atoms with Gasteiger partial charge in [0.25, 0.3) is 0 Å². The van der Waals surface area contributed by atoms with Gasteiger partial charge in [-0.05, 0) is 57.6 Å². The molecule has 108 valence electrons. The molecule has 0 saturated heterocycles. The molecule has 6 heteroatoms. The monoisotopic (exact) mass is 293 g/mol. The number of hydrogen-bond donors (Lipinski definition) is 1. The topological polar surface area (TPSA) is 73.2 Å². The van der Waals surface area contributed by atoms with E-state index in [0.29, 0.717) is 12.1 Å². The lowest BCUT2D eigenvalue weighted by Gasteiger charge is -2.47. The van der Waals surface area contributed by atoms with Gasteiger partial charge in [-0.2, -0.15) is 5.26 Å². The Labute approximate surface area is 120 Å². The van der Waals surface area contributed by atoms with Gasteiger partial charge in [0.2, 0.25) is 10.0 Å². The van der Waals surface area contributed by atoms with Crippen molar-refractivity contribution in [2.24, 2.45) is 0 Å². The van der Waals surface area contributed by atoms with E-state index in [4.69, 9.17) is 5.26 Å². The highest BCUT2D eigenvalue weighted by atomic mass is 32.2. The van der Waals surface area contributed by atoms with E-state index < -0.39 is 10.0 Å². The Hall–Kier alpha value is -1.42. The molecular weight excluding hydrogens is 274 g/mol. The van der Waals surface area contributed by atoms with Crippen LogP contribution in [0.2, 0.25) is 0 Å². The first kappa shape index (κ1) is 15.0. The van der Waals surface area contributed by atoms with Crippen LogP contribution in [0.15, 0.2) is 29.2 Å². The Kier molecular flexibility index (Phi) is 4.14. The van der Waals surface area contributed by atoms with E-state index in [9.17, 15) is 8.42 Å². The maximum Gasteiger partial charge on any atom is 0.240 e. The van der Waals surface area contributed by atoms with E-state index in [1.165, 1.54) is 24.3 Å². The first-order valence-corrected chi connectivity index (χ1v) is 8.05. The predicted octanol–water partition coefficient (Wildman–Crippen LogP) is 1.32. The standard InChI is InChI=1S/C14H19N3O2S/c1-17(2)14(8-3-9-14)11-16-20(18,19)13-6-4-12(10-15)5-7-13/h4-7,16H,3,8-9,11H2,1-2H3. The van der Waals surface area contributed by atoms with E-state index in [1.807, 2.05) is 20.2 Å². The van der Waals surface area contributed by atoms with Crippen LogP contribution in [0.1, 0.15) is 24.8 Å².